The second-order valence-electron chi connectivity index (χ2n) is 3.43. The third-order valence-corrected chi connectivity index (χ3v) is 4.48. The summed E-state index contributed by atoms with van der Waals surface area (Å²) in [5.74, 6) is 0.749. The number of nitrogens with zero attached hydrogens (tertiary/aromatic N) is 1. The van der Waals surface area contributed by atoms with Gasteiger partial charge in [0.25, 0.3) is 0 Å². The van der Waals surface area contributed by atoms with Crippen LogP contribution in [0.5, 0.6) is 0 Å². The van der Waals surface area contributed by atoms with Crippen LogP contribution in [-0.2, 0) is 5.75 Å². The summed E-state index contributed by atoms with van der Waals surface area (Å²) in [5.41, 5.74) is 7.48. The van der Waals surface area contributed by atoms with Crippen molar-refractivity contribution in [1.29, 1.82) is 0 Å². The number of aromatic nitrogens is 1. The Hall–Kier alpha value is -0.710. The molecule has 1 heterocycles. The van der Waals surface area contributed by atoms with E-state index in [-0.39, 0.29) is 0 Å². The molecule has 2 N–H and O–H groups in total. The molecule has 0 saturated carbocycles. The van der Waals surface area contributed by atoms with Gasteiger partial charge >= 0.3 is 0 Å². The summed E-state index contributed by atoms with van der Waals surface area (Å²) in [6, 6.07) is 9.37. The molecule has 0 amide bonds. The molecule has 17 heavy (non-hydrogen) atoms. The van der Waals surface area contributed by atoms with Crippen LogP contribution in [0.2, 0.25) is 5.02 Å². The zero-order valence-corrected chi connectivity index (χ0v) is 12.0. The van der Waals surface area contributed by atoms with Crippen molar-refractivity contribution >= 4 is 45.0 Å². The normalized spacial score (nSPS) is 10.5. The summed E-state index contributed by atoms with van der Waals surface area (Å²) in [6.07, 6.45) is 1.77. The van der Waals surface area contributed by atoms with Crippen LogP contribution >= 0.6 is 39.3 Å². The zero-order chi connectivity index (χ0) is 12.3. The van der Waals surface area contributed by atoms with Gasteiger partial charge in [-0.2, -0.15) is 0 Å². The van der Waals surface area contributed by atoms with Gasteiger partial charge in [-0.15, -0.1) is 11.8 Å². The minimum Gasteiger partial charge on any atom is -0.399 e. The largest absolute Gasteiger partial charge is 0.399 e. The maximum atomic E-state index is 6.10. The van der Waals surface area contributed by atoms with Crippen molar-refractivity contribution in [3.8, 4) is 0 Å². The molecular weight excluding hydrogens is 320 g/mol. The minimum atomic E-state index is 0.727. The lowest BCUT2D eigenvalue weighted by Crippen LogP contribution is -1.89. The van der Waals surface area contributed by atoms with E-state index in [0.29, 0.717) is 0 Å². The van der Waals surface area contributed by atoms with Crippen LogP contribution in [0.25, 0.3) is 0 Å². The Balaban J connectivity index is 2.12. The number of thioether (sulfide) groups is 1. The monoisotopic (exact) mass is 328 g/mol. The van der Waals surface area contributed by atoms with Crippen molar-refractivity contribution in [2.24, 2.45) is 0 Å². The third kappa shape index (κ3) is 3.37. The van der Waals surface area contributed by atoms with Crippen LogP contribution in [0.3, 0.4) is 0 Å². The van der Waals surface area contributed by atoms with Crippen molar-refractivity contribution in [1.82, 2.24) is 4.98 Å². The summed E-state index contributed by atoms with van der Waals surface area (Å²) in [6.45, 7) is 0. The van der Waals surface area contributed by atoms with Gasteiger partial charge in [-0.3, -0.25) is 0 Å². The highest BCUT2D eigenvalue weighted by molar-refractivity contribution is 9.10. The number of nitrogen functional groups attached to an aromatic ring is 1. The fraction of sp³-hybridized carbons (Fsp3) is 0.0833. The van der Waals surface area contributed by atoms with E-state index in [9.17, 15) is 0 Å². The predicted molar refractivity (Wildman–Crippen MR) is 77.4 cm³/mol. The van der Waals surface area contributed by atoms with Crippen molar-refractivity contribution in [2.75, 3.05) is 5.73 Å². The first-order valence-corrected chi connectivity index (χ1v) is 7.09. The number of benzene rings is 1. The van der Waals surface area contributed by atoms with E-state index in [1.54, 1.807) is 24.0 Å². The van der Waals surface area contributed by atoms with E-state index >= 15 is 0 Å². The average molecular weight is 330 g/mol. The fourth-order valence-electron chi connectivity index (χ4n) is 1.33. The highest BCUT2D eigenvalue weighted by Crippen LogP contribution is 2.30. The van der Waals surface area contributed by atoms with Gasteiger partial charge in [0.1, 0.15) is 5.03 Å². The molecule has 0 unspecified atom stereocenters. The SMILES string of the molecule is Nc1ccc(Cl)c(CSc2ncccc2Br)c1. The number of nitrogens with two attached hydrogens (primary N) is 1. The lowest BCUT2D eigenvalue weighted by Gasteiger charge is -2.06. The molecule has 0 radical (unpaired) electrons. The topological polar surface area (TPSA) is 38.9 Å². The Morgan fingerprint density at radius 2 is 2.18 bits per heavy atom. The van der Waals surface area contributed by atoms with Gasteiger partial charge in [0.05, 0.1) is 0 Å². The van der Waals surface area contributed by atoms with Gasteiger partial charge in [-0.1, -0.05) is 11.6 Å². The zero-order valence-electron chi connectivity index (χ0n) is 8.86. The molecule has 2 rings (SSSR count). The van der Waals surface area contributed by atoms with Crippen molar-refractivity contribution in [3.05, 3.63) is 51.6 Å². The molecule has 0 atom stereocenters. The van der Waals surface area contributed by atoms with Gasteiger partial charge in [0, 0.05) is 27.1 Å². The lowest BCUT2D eigenvalue weighted by molar-refractivity contribution is 1.11. The minimum absolute atomic E-state index is 0.727. The quantitative estimate of drug-likeness (QED) is 0.671. The van der Waals surface area contributed by atoms with E-state index in [4.69, 9.17) is 17.3 Å². The van der Waals surface area contributed by atoms with Gasteiger partial charge < -0.3 is 5.73 Å². The van der Waals surface area contributed by atoms with E-state index in [1.165, 1.54) is 0 Å². The van der Waals surface area contributed by atoms with Crippen molar-refractivity contribution in [2.45, 2.75) is 10.8 Å². The molecule has 0 bridgehead atoms. The van der Waals surface area contributed by atoms with Crippen LogP contribution in [-0.4, -0.2) is 4.98 Å². The van der Waals surface area contributed by atoms with Crippen LogP contribution in [0, 0.1) is 0 Å². The van der Waals surface area contributed by atoms with E-state index in [0.717, 1.165) is 31.5 Å². The molecular formula is C12H10BrClN2S. The van der Waals surface area contributed by atoms with E-state index in [2.05, 4.69) is 20.9 Å². The average Bonchev–Trinajstić information content (AvgIpc) is 2.32. The molecule has 2 aromatic rings. The Morgan fingerprint density at radius 3 is 2.94 bits per heavy atom. The Kier molecular flexibility index (Phi) is 4.31. The maximum Gasteiger partial charge on any atom is 0.110 e. The summed E-state index contributed by atoms with van der Waals surface area (Å²) in [7, 11) is 0. The highest BCUT2D eigenvalue weighted by atomic mass is 79.9. The third-order valence-electron chi connectivity index (χ3n) is 2.16. The number of anilines is 1. The van der Waals surface area contributed by atoms with E-state index < -0.39 is 0 Å². The predicted octanol–water partition coefficient (Wildman–Crippen LogP) is 4.37. The van der Waals surface area contributed by atoms with Crippen LogP contribution in [0.4, 0.5) is 5.69 Å². The van der Waals surface area contributed by atoms with Crippen LogP contribution < -0.4 is 5.73 Å². The van der Waals surface area contributed by atoms with Gasteiger partial charge in [-0.05, 0) is 51.8 Å². The van der Waals surface area contributed by atoms with Crippen molar-refractivity contribution in [3.63, 3.8) is 0 Å². The number of rotatable bonds is 3. The first kappa shape index (κ1) is 12.7. The molecule has 1 aromatic heterocycles. The molecule has 5 heteroatoms. The van der Waals surface area contributed by atoms with Gasteiger partial charge in [-0.25, -0.2) is 4.98 Å². The number of halogens is 2. The van der Waals surface area contributed by atoms with Gasteiger partial charge in [0.15, 0.2) is 0 Å². The lowest BCUT2D eigenvalue weighted by atomic mass is 10.2. The summed E-state index contributed by atoms with van der Waals surface area (Å²) < 4.78 is 0.991. The van der Waals surface area contributed by atoms with Crippen LogP contribution in [0.15, 0.2) is 46.0 Å². The molecule has 0 aliphatic heterocycles. The molecule has 88 valence electrons. The first-order chi connectivity index (χ1) is 8.16. The Morgan fingerprint density at radius 1 is 1.35 bits per heavy atom. The smallest absolute Gasteiger partial charge is 0.110 e. The summed E-state index contributed by atoms with van der Waals surface area (Å²) in [4.78, 5) is 4.29. The van der Waals surface area contributed by atoms with E-state index in [1.807, 2.05) is 24.3 Å². The molecule has 0 fully saturated rings. The Bertz CT molecular complexity index is 534. The van der Waals surface area contributed by atoms with Gasteiger partial charge in [0.2, 0.25) is 0 Å². The number of hydrogen-bond acceptors (Lipinski definition) is 3. The molecule has 0 aliphatic carbocycles. The second kappa shape index (κ2) is 5.76. The fourth-order valence-corrected chi connectivity index (χ4v) is 3.06. The molecule has 2 nitrogen and oxygen atoms in total. The van der Waals surface area contributed by atoms with Crippen LogP contribution in [0.1, 0.15) is 5.56 Å². The second-order valence-corrected chi connectivity index (χ2v) is 5.66. The highest BCUT2D eigenvalue weighted by Gasteiger charge is 2.05. The summed E-state index contributed by atoms with van der Waals surface area (Å²) in [5, 5.41) is 1.68. The molecule has 1 aromatic carbocycles. The maximum absolute atomic E-state index is 6.10. The number of pyridine rings is 1. The summed E-state index contributed by atoms with van der Waals surface area (Å²) >= 11 is 11.2. The standard InChI is InChI=1S/C12H10BrClN2S/c13-10-2-1-5-16-12(10)17-7-8-6-9(15)3-4-11(8)14/h1-6H,7,15H2. The molecule has 0 spiro atoms. The Labute approximate surface area is 118 Å². The van der Waals surface area contributed by atoms with Crippen molar-refractivity contribution < 1.29 is 0 Å². The number of hydrogen-bond donors (Lipinski definition) is 1. The molecule has 0 aliphatic rings. The first-order valence-electron chi connectivity index (χ1n) is 4.94. The molecule has 0 saturated heterocycles.